The van der Waals surface area contributed by atoms with Crippen molar-refractivity contribution in [1.29, 1.82) is 0 Å². The lowest BCUT2D eigenvalue weighted by Gasteiger charge is -2.10. The molecule has 2 rings (SSSR count). The smallest absolute Gasteiger partial charge is 0.240 e. The summed E-state index contributed by atoms with van der Waals surface area (Å²) in [5.41, 5.74) is 7.00. The predicted molar refractivity (Wildman–Crippen MR) is 77.0 cm³/mol. The van der Waals surface area contributed by atoms with Crippen molar-refractivity contribution in [3.8, 4) is 0 Å². The largest absolute Gasteiger partial charge is 0.340 e. The van der Waals surface area contributed by atoms with Crippen LogP contribution in [-0.2, 0) is 23.0 Å². The number of rotatable bonds is 6. The molecule has 114 valence electrons. The van der Waals surface area contributed by atoms with Crippen LogP contribution in [0.4, 0.5) is 0 Å². The summed E-state index contributed by atoms with van der Waals surface area (Å²) in [4.78, 5) is 4.26. The molecule has 1 aromatic heterocycles. The topological polar surface area (TPSA) is 111 Å². The molecule has 1 aromatic carbocycles. The highest BCUT2D eigenvalue weighted by Crippen LogP contribution is 2.16. The lowest BCUT2D eigenvalue weighted by molar-refractivity contribution is 0.387. The minimum atomic E-state index is -3.58. The number of sulfonamides is 1. The van der Waals surface area contributed by atoms with Crippen LogP contribution in [0.25, 0.3) is 0 Å². The molecule has 0 saturated heterocycles. The van der Waals surface area contributed by atoms with Crippen molar-refractivity contribution in [2.45, 2.75) is 31.7 Å². The molecule has 2 aromatic rings. The lowest BCUT2D eigenvalue weighted by atomic mass is 10.1. The normalized spacial score (nSPS) is 11.8. The minimum Gasteiger partial charge on any atom is -0.340 e. The Morgan fingerprint density at radius 3 is 2.71 bits per heavy atom. The molecule has 7 nitrogen and oxygen atoms in total. The molecule has 0 bridgehead atoms. The Hall–Kier alpha value is -1.77. The van der Waals surface area contributed by atoms with Gasteiger partial charge in [-0.15, -0.1) is 0 Å². The van der Waals surface area contributed by atoms with Gasteiger partial charge in [-0.1, -0.05) is 17.3 Å². The molecule has 0 aliphatic heterocycles. The van der Waals surface area contributed by atoms with Crippen LogP contribution in [0.1, 0.15) is 22.8 Å². The molecule has 8 heteroatoms. The summed E-state index contributed by atoms with van der Waals surface area (Å²) in [7, 11) is -3.58. The van der Waals surface area contributed by atoms with Gasteiger partial charge in [-0.2, -0.15) is 4.98 Å². The highest BCUT2D eigenvalue weighted by atomic mass is 32.2. The fourth-order valence-electron chi connectivity index (χ4n) is 1.88. The van der Waals surface area contributed by atoms with E-state index in [0.29, 0.717) is 30.2 Å². The molecule has 0 spiro atoms. The number of nitrogens with zero attached hydrogens (tertiary/aromatic N) is 2. The van der Waals surface area contributed by atoms with Crippen LogP contribution in [0, 0.1) is 13.8 Å². The molecule has 0 atom stereocenters. The molecule has 21 heavy (non-hydrogen) atoms. The van der Waals surface area contributed by atoms with Gasteiger partial charge in [0.2, 0.25) is 15.9 Å². The third kappa shape index (κ3) is 3.87. The average molecular weight is 310 g/mol. The van der Waals surface area contributed by atoms with E-state index in [2.05, 4.69) is 14.9 Å². The van der Waals surface area contributed by atoms with Crippen LogP contribution in [0.15, 0.2) is 27.6 Å². The maximum absolute atomic E-state index is 12.3. The number of nitrogens with one attached hydrogen (secondary N) is 1. The predicted octanol–water partition coefficient (Wildman–Crippen LogP) is 0.666. The molecule has 0 saturated carbocycles. The van der Waals surface area contributed by atoms with Gasteiger partial charge < -0.3 is 10.3 Å². The quantitative estimate of drug-likeness (QED) is 0.811. The average Bonchev–Trinajstić information content (AvgIpc) is 2.84. The van der Waals surface area contributed by atoms with Crippen LogP contribution >= 0.6 is 0 Å². The maximum atomic E-state index is 12.3. The molecule has 0 aliphatic carbocycles. The molecule has 0 unspecified atom stereocenters. The third-order valence-electron chi connectivity index (χ3n) is 2.99. The van der Waals surface area contributed by atoms with Gasteiger partial charge in [0.25, 0.3) is 0 Å². The zero-order valence-corrected chi connectivity index (χ0v) is 12.8. The first kappa shape index (κ1) is 15.6. The Kier molecular flexibility index (Phi) is 4.71. The minimum absolute atomic E-state index is 0.202. The standard InChI is InChI=1S/C13H18N4O3S/c1-9-3-4-11(8-14)7-12(9)21(18,19)15-6-5-13-16-10(2)20-17-13/h3-4,7,15H,5-6,8,14H2,1-2H3. The summed E-state index contributed by atoms with van der Waals surface area (Å²) in [6, 6.07) is 5.16. The van der Waals surface area contributed by atoms with Crippen LogP contribution in [-0.4, -0.2) is 25.1 Å². The first-order chi connectivity index (χ1) is 9.92. The van der Waals surface area contributed by atoms with E-state index in [0.717, 1.165) is 5.56 Å². The van der Waals surface area contributed by atoms with E-state index in [9.17, 15) is 8.42 Å². The molecule has 0 aliphatic rings. The zero-order chi connectivity index (χ0) is 15.5. The van der Waals surface area contributed by atoms with Crippen molar-refractivity contribution in [2.75, 3.05) is 6.54 Å². The molecule has 0 amide bonds. The van der Waals surface area contributed by atoms with Crippen LogP contribution in [0.5, 0.6) is 0 Å². The fraction of sp³-hybridized carbons (Fsp3) is 0.385. The Morgan fingerprint density at radius 1 is 1.33 bits per heavy atom. The van der Waals surface area contributed by atoms with Crippen LogP contribution in [0.3, 0.4) is 0 Å². The van der Waals surface area contributed by atoms with Gasteiger partial charge >= 0.3 is 0 Å². The van der Waals surface area contributed by atoms with Crippen molar-refractivity contribution < 1.29 is 12.9 Å². The SMILES string of the molecule is Cc1nc(CCNS(=O)(=O)c2cc(CN)ccc2C)no1. The Bertz CT molecular complexity index is 725. The molecular formula is C13H18N4O3S. The van der Waals surface area contributed by atoms with Gasteiger partial charge in [-0.25, -0.2) is 13.1 Å². The van der Waals surface area contributed by atoms with Crippen molar-refractivity contribution >= 4 is 10.0 Å². The Balaban J connectivity index is 2.07. The third-order valence-corrected chi connectivity index (χ3v) is 4.59. The fourth-order valence-corrected chi connectivity index (χ4v) is 3.20. The molecule has 3 N–H and O–H groups in total. The molecule has 0 radical (unpaired) electrons. The maximum Gasteiger partial charge on any atom is 0.240 e. The zero-order valence-electron chi connectivity index (χ0n) is 12.0. The molecular weight excluding hydrogens is 292 g/mol. The highest BCUT2D eigenvalue weighted by molar-refractivity contribution is 7.89. The van der Waals surface area contributed by atoms with Gasteiger partial charge in [0, 0.05) is 26.4 Å². The van der Waals surface area contributed by atoms with E-state index in [1.165, 1.54) is 0 Å². The van der Waals surface area contributed by atoms with Gasteiger partial charge in [-0.3, -0.25) is 0 Å². The van der Waals surface area contributed by atoms with Gasteiger partial charge in [-0.05, 0) is 24.1 Å². The number of benzene rings is 1. The summed E-state index contributed by atoms with van der Waals surface area (Å²) >= 11 is 0. The summed E-state index contributed by atoms with van der Waals surface area (Å²) < 4.78 is 32.0. The summed E-state index contributed by atoms with van der Waals surface area (Å²) in [6.07, 6.45) is 0.367. The van der Waals surface area contributed by atoms with Crippen molar-refractivity contribution in [2.24, 2.45) is 5.73 Å². The molecule has 0 fully saturated rings. The number of nitrogens with two attached hydrogens (primary N) is 1. The van der Waals surface area contributed by atoms with E-state index in [1.54, 1.807) is 26.0 Å². The van der Waals surface area contributed by atoms with Crippen molar-refractivity contribution in [1.82, 2.24) is 14.9 Å². The van der Waals surface area contributed by atoms with Gasteiger partial charge in [0.1, 0.15) is 0 Å². The van der Waals surface area contributed by atoms with Gasteiger partial charge in [0.15, 0.2) is 5.82 Å². The lowest BCUT2D eigenvalue weighted by Crippen LogP contribution is -2.27. The molecule has 1 heterocycles. The van der Waals surface area contributed by atoms with E-state index >= 15 is 0 Å². The van der Waals surface area contributed by atoms with E-state index < -0.39 is 10.0 Å². The second kappa shape index (κ2) is 6.33. The van der Waals surface area contributed by atoms with E-state index in [1.807, 2.05) is 6.07 Å². The summed E-state index contributed by atoms with van der Waals surface area (Å²) in [6.45, 7) is 3.93. The monoisotopic (exact) mass is 310 g/mol. The summed E-state index contributed by atoms with van der Waals surface area (Å²) in [5, 5.41) is 3.72. The first-order valence-electron chi connectivity index (χ1n) is 6.51. The summed E-state index contributed by atoms with van der Waals surface area (Å²) in [5.74, 6) is 0.932. The first-order valence-corrected chi connectivity index (χ1v) is 7.99. The Morgan fingerprint density at radius 2 is 2.10 bits per heavy atom. The van der Waals surface area contributed by atoms with Crippen molar-refractivity contribution in [3.05, 3.63) is 41.0 Å². The number of aromatic nitrogens is 2. The highest BCUT2D eigenvalue weighted by Gasteiger charge is 2.17. The van der Waals surface area contributed by atoms with E-state index in [-0.39, 0.29) is 11.4 Å². The second-order valence-corrected chi connectivity index (χ2v) is 6.42. The number of hydrogen-bond donors (Lipinski definition) is 2. The second-order valence-electron chi connectivity index (χ2n) is 4.68. The Labute approximate surface area is 123 Å². The van der Waals surface area contributed by atoms with Crippen LogP contribution in [0.2, 0.25) is 0 Å². The number of aryl methyl sites for hydroxylation is 2. The van der Waals surface area contributed by atoms with Crippen LogP contribution < -0.4 is 10.5 Å². The number of hydrogen-bond acceptors (Lipinski definition) is 6. The van der Waals surface area contributed by atoms with Crippen molar-refractivity contribution in [3.63, 3.8) is 0 Å². The van der Waals surface area contributed by atoms with Gasteiger partial charge in [0.05, 0.1) is 4.90 Å². The van der Waals surface area contributed by atoms with E-state index in [4.69, 9.17) is 10.3 Å².